The highest BCUT2D eigenvalue weighted by atomic mass is 32.2. The Kier molecular flexibility index (Phi) is 4.24. The Bertz CT molecular complexity index is 994. The van der Waals surface area contributed by atoms with Gasteiger partial charge < -0.3 is 0 Å². The van der Waals surface area contributed by atoms with Gasteiger partial charge in [-0.3, -0.25) is 9.29 Å². The number of nitrogens with zero attached hydrogens (tertiary/aromatic N) is 4. The number of sulfonamides is 1. The average Bonchev–Trinajstić information content (AvgIpc) is 3.33. The Morgan fingerprint density at radius 1 is 1.15 bits per heavy atom. The topological polar surface area (TPSA) is 68.1 Å². The van der Waals surface area contributed by atoms with E-state index in [1.54, 1.807) is 35.4 Å². The van der Waals surface area contributed by atoms with Crippen molar-refractivity contribution in [2.45, 2.75) is 24.7 Å². The molecule has 0 spiro atoms. The summed E-state index contributed by atoms with van der Waals surface area (Å²) in [7, 11) is -3.69. The summed E-state index contributed by atoms with van der Waals surface area (Å²) in [6, 6.07) is 11.3. The van der Waals surface area contributed by atoms with Crippen LogP contribution in [-0.2, 0) is 10.0 Å². The first kappa shape index (κ1) is 16.8. The van der Waals surface area contributed by atoms with Crippen LogP contribution in [0.1, 0.15) is 18.4 Å². The van der Waals surface area contributed by atoms with Crippen molar-refractivity contribution in [2.75, 3.05) is 10.8 Å². The molecule has 0 unspecified atom stereocenters. The molecule has 4 rings (SSSR count). The number of hydrogen-bond acceptors (Lipinski definition) is 4. The summed E-state index contributed by atoms with van der Waals surface area (Å²) in [5.74, 6) is 0.414. The van der Waals surface area contributed by atoms with Crippen molar-refractivity contribution in [1.29, 1.82) is 0 Å². The molecule has 0 aliphatic heterocycles. The Labute approximate surface area is 153 Å². The van der Waals surface area contributed by atoms with Gasteiger partial charge in [-0.2, -0.15) is 5.10 Å². The zero-order chi connectivity index (χ0) is 18.1. The highest BCUT2D eigenvalue weighted by Crippen LogP contribution is 2.34. The van der Waals surface area contributed by atoms with E-state index in [0.29, 0.717) is 18.2 Å². The normalized spacial score (nSPS) is 14.3. The van der Waals surface area contributed by atoms with Crippen LogP contribution in [0.3, 0.4) is 0 Å². The van der Waals surface area contributed by atoms with Crippen LogP contribution in [0, 0.1) is 12.8 Å². The second kappa shape index (κ2) is 6.57. The predicted molar refractivity (Wildman–Crippen MR) is 99.8 cm³/mol. The molecule has 134 valence electrons. The summed E-state index contributed by atoms with van der Waals surface area (Å²) in [6.45, 7) is 2.48. The molecule has 1 aromatic carbocycles. The van der Waals surface area contributed by atoms with E-state index in [1.807, 2.05) is 31.2 Å². The van der Waals surface area contributed by atoms with E-state index in [-0.39, 0.29) is 4.90 Å². The number of rotatable bonds is 6. The predicted octanol–water partition coefficient (Wildman–Crippen LogP) is 3.18. The molecule has 6 nitrogen and oxygen atoms in total. The van der Waals surface area contributed by atoms with E-state index >= 15 is 0 Å². The molecule has 26 heavy (non-hydrogen) atoms. The fourth-order valence-corrected chi connectivity index (χ4v) is 4.24. The molecule has 1 saturated carbocycles. The first-order valence-corrected chi connectivity index (χ1v) is 10.0. The van der Waals surface area contributed by atoms with Crippen LogP contribution in [0.5, 0.6) is 0 Å². The quantitative estimate of drug-likeness (QED) is 0.670. The summed E-state index contributed by atoms with van der Waals surface area (Å²) in [5.41, 5.74) is 2.55. The zero-order valence-corrected chi connectivity index (χ0v) is 15.3. The zero-order valence-electron chi connectivity index (χ0n) is 14.5. The summed E-state index contributed by atoms with van der Waals surface area (Å²) in [5, 5.41) is 4.25. The maximum atomic E-state index is 13.2. The molecule has 2 aromatic heterocycles. The van der Waals surface area contributed by atoms with Gasteiger partial charge in [0.2, 0.25) is 0 Å². The first-order chi connectivity index (χ1) is 12.5. The smallest absolute Gasteiger partial charge is 0.264 e. The molecular formula is C19H20N4O2S. The molecule has 0 atom stereocenters. The van der Waals surface area contributed by atoms with Crippen LogP contribution in [-0.4, -0.2) is 29.7 Å². The highest BCUT2D eigenvalue weighted by Gasteiger charge is 2.33. The van der Waals surface area contributed by atoms with E-state index < -0.39 is 10.0 Å². The fraction of sp³-hybridized carbons (Fsp3) is 0.263. The van der Waals surface area contributed by atoms with Gasteiger partial charge in [-0.05, 0) is 49.9 Å². The first-order valence-electron chi connectivity index (χ1n) is 8.58. The maximum absolute atomic E-state index is 13.2. The van der Waals surface area contributed by atoms with Crippen LogP contribution < -0.4 is 4.31 Å². The van der Waals surface area contributed by atoms with Crippen molar-refractivity contribution in [3.05, 3.63) is 66.7 Å². The third-order valence-electron chi connectivity index (χ3n) is 4.50. The van der Waals surface area contributed by atoms with Gasteiger partial charge >= 0.3 is 0 Å². The maximum Gasteiger partial charge on any atom is 0.267 e. The second-order valence-electron chi connectivity index (χ2n) is 6.65. The minimum absolute atomic E-state index is 0.183. The molecule has 0 amide bonds. The molecule has 0 N–H and O–H groups in total. The lowest BCUT2D eigenvalue weighted by molar-refractivity contribution is 0.588. The van der Waals surface area contributed by atoms with Crippen LogP contribution in [0.15, 0.2) is 66.1 Å². The van der Waals surface area contributed by atoms with Crippen LogP contribution in [0.25, 0.3) is 5.69 Å². The molecule has 0 saturated heterocycles. The SMILES string of the molecule is Cc1ccc(-n2cc(S(=O)(=O)N(CC3CC3)c3cccnc3)cn2)cc1. The van der Waals surface area contributed by atoms with Crippen LogP contribution in [0.2, 0.25) is 0 Å². The largest absolute Gasteiger partial charge is 0.267 e. The molecule has 1 aliphatic carbocycles. The minimum atomic E-state index is -3.69. The van der Waals surface area contributed by atoms with Crippen molar-refractivity contribution in [3.63, 3.8) is 0 Å². The number of pyridine rings is 1. The average molecular weight is 368 g/mol. The third-order valence-corrected chi connectivity index (χ3v) is 6.25. The number of aromatic nitrogens is 3. The van der Waals surface area contributed by atoms with Crippen molar-refractivity contribution in [1.82, 2.24) is 14.8 Å². The Balaban J connectivity index is 1.69. The van der Waals surface area contributed by atoms with Gasteiger partial charge in [0.25, 0.3) is 10.0 Å². The highest BCUT2D eigenvalue weighted by molar-refractivity contribution is 7.92. The van der Waals surface area contributed by atoms with Crippen molar-refractivity contribution in [2.24, 2.45) is 5.92 Å². The van der Waals surface area contributed by atoms with Gasteiger partial charge in [-0.15, -0.1) is 0 Å². The van der Waals surface area contributed by atoms with E-state index in [2.05, 4.69) is 10.1 Å². The lowest BCUT2D eigenvalue weighted by Gasteiger charge is -2.23. The number of anilines is 1. The number of benzene rings is 1. The molecule has 7 heteroatoms. The van der Waals surface area contributed by atoms with Gasteiger partial charge in [0.05, 0.1) is 30.0 Å². The monoisotopic (exact) mass is 368 g/mol. The third kappa shape index (κ3) is 3.35. The van der Waals surface area contributed by atoms with Gasteiger partial charge in [0.15, 0.2) is 0 Å². The lowest BCUT2D eigenvalue weighted by atomic mass is 10.2. The summed E-state index contributed by atoms with van der Waals surface area (Å²) >= 11 is 0. The molecule has 2 heterocycles. The van der Waals surface area contributed by atoms with E-state index in [0.717, 1.165) is 24.1 Å². The Morgan fingerprint density at radius 3 is 2.58 bits per heavy atom. The fourth-order valence-electron chi connectivity index (χ4n) is 2.78. The number of hydrogen-bond donors (Lipinski definition) is 0. The molecule has 0 radical (unpaired) electrons. The summed E-state index contributed by atoms with van der Waals surface area (Å²) in [4.78, 5) is 4.26. The number of aryl methyl sites for hydroxylation is 1. The van der Waals surface area contributed by atoms with Gasteiger partial charge in [-0.1, -0.05) is 17.7 Å². The van der Waals surface area contributed by atoms with E-state index in [9.17, 15) is 8.42 Å². The Hall–Kier alpha value is -2.67. The molecule has 1 fully saturated rings. The van der Waals surface area contributed by atoms with Crippen LogP contribution >= 0.6 is 0 Å². The lowest BCUT2D eigenvalue weighted by Crippen LogP contribution is -2.32. The van der Waals surface area contributed by atoms with Crippen molar-refractivity contribution >= 4 is 15.7 Å². The standard InChI is InChI=1S/C19H20N4O2S/c1-15-4-8-17(9-5-15)22-14-19(12-21-22)26(24,25)23(13-16-6-7-16)18-3-2-10-20-11-18/h2-5,8-12,14,16H,6-7,13H2,1H3. The van der Waals surface area contributed by atoms with Gasteiger partial charge in [-0.25, -0.2) is 13.1 Å². The molecular weight excluding hydrogens is 348 g/mol. The second-order valence-corrected chi connectivity index (χ2v) is 8.51. The van der Waals surface area contributed by atoms with Crippen molar-refractivity contribution < 1.29 is 8.42 Å². The molecule has 3 aromatic rings. The van der Waals surface area contributed by atoms with E-state index in [1.165, 1.54) is 10.5 Å². The Morgan fingerprint density at radius 2 is 1.92 bits per heavy atom. The summed E-state index contributed by atoms with van der Waals surface area (Å²) < 4.78 is 29.5. The van der Waals surface area contributed by atoms with Gasteiger partial charge in [0.1, 0.15) is 4.90 Å². The van der Waals surface area contributed by atoms with Crippen LogP contribution in [0.4, 0.5) is 5.69 Å². The van der Waals surface area contributed by atoms with Gasteiger partial charge in [0, 0.05) is 12.7 Å². The van der Waals surface area contributed by atoms with Crippen molar-refractivity contribution in [3.8, 4) is 5.69 Å². The van der Waals surface area contributed by atoms with E-state index in [4.69, 9.17) is 0 Å². The summed E-state index contributed by atoms with van der Waals surface area (Å²) in [6.07, 6.45) is 8.33. The minimum Gasteiger partial charge on any atom is -0.264 e. The molecule has 1 aliphatic rings. The molecule has 0 bridgehead atoms.